The summed E-state index contributed by atoms with van der Waals surface area (Å²) >= 11 is 25.8. The zero-order chi connectivity index (χ0) is 24.7. The van der Waals surface area contributed by atoms with Gasteiger partial charge < -0.3 is 10.2 Å². The highest BCUT2D eigenvalue weighted by Gasteiger charge is 2.28. The largest absolute Gasteiger partial charge is 0.352 e. The molecule has 9 heteroatoms. The molecule has 0 aliphatic heterocycles. The zero-order valence-corrected chi connectivity index (χ0v) is 22.8. The predicted molar refractivity (Wildman–Crippen MR) is 144 cm³/mol. The number of thioether (sulfide) groups is 1. The fourth-order valence-electron chi connectivity index (χ4n) is 3.95. The number of carbonyl (C=O) groups is 2. The van der Waals surface area contributed by atoms with Crippen LogP contribution in [0.4, 0.5) is 0 Å². The van der Waals surface area contributed by atoms with Crippen LogP contribution in [0.25, 0.3) is 0 Å². The van der Waals surface area contributed by atoms with Crippen LogP contribution in [0.15, 0.2) is 36.4 Å². The van der Waals surface area contributed by atoms with Crippen LogP contribution in [0, 0.1) is 0 Å². The SMILES string of the molecule is C[C@H](C(=O)NC1CCCCC1)N(Cc1ccc(Cl)c(Cl)c1)C(=O)CSCc1ccc(Cl)c(Cl)c1. The lowest BCUT2D eigenvalue weighted by atomic mass is 9.95. The van der Waals surface area contributed by atoms with E-state index in [2.05, 4.69) is 5.32 Å². The smallest absolute Gasteiger partial charge is 0.242 e. The van der Waals surface area contributed by atoms with E-state index >= 15 is 0 Å². The van der Waals surface area contributed by atoms with E-state index in [1.807, 2.05) is 12.1 Å². The van der Waals surface area contributed by atoms with Gasteiger partial charge in [0.2, 0.25) is 11.8 Å². The van der Waals surface area contributed by atoms with Crippen LogP contribution in [-0.4, -0.2) is 34.6 Å². The highest BCUT2D eigenvalue weighted by molar-refractivity contribution is 7.99. The van der Waals surface area contributed by atoms with Crippen molar-refractivity contribution in [1.29, 1.82) is 0 Å². The molecule has 0 radical (unpaired) electrons. The summed E-state index contributed by atoms with van der Waals surface area (Å²) in [7, 11) is 0. The molecule has 0 aromatic heterocycles. The first kappa shape index (κ1) is 27.5. The van der Waals surface area contributed by atoms with Crippen LogP contribution in [0.5, 0.6) is 0 Å². The van der Waals surface area contributed by atoms with Crippen molar-refractivity contribution in [3.8, 4) is 0 Å². The summed E-state index contributed by atoms with van der Waals surface area (Å²) in [5.74, 6) is 0.575. The third kappa shape index (κ3) is 7.96. The van der Waals surface area contributed by atoms with E-state index in [0.29, 0.717) is 25.8 Å². The number of amides is 2. The van der Waals surface area contributed by atoms with Gasteiger partial charge in [-0.1, -0.05) is 77.8 Å². The minimum absolute atomic E-state index is 0.123. The minimum atomic E-state index is -0.616. The predicted octanol–water partition coefficient (Wildman–Crippen LogP) is 7.40. The minimum Gasteiger partial charge on any atom is -0.352 e. The van der Waals surface area contributed by atoms with Crippen molar-refractivity contribution in [2.45, 2.75) is 63.4 Å². The van der Waals surface area contributed by atoms with Gasteiger partial charge in [-0.2, -0.15) is 0 Å². The van der Waals surface area contributed by atoms with Gasteiger partial charge in [0.15, 0.2) is 0 Å². The summed E-state index contributed by atoms with van der Waals surface area (Å²) in [5.41, 5.74) is 1.79. The topological polar surface area (TPSA) is 49.4 Å². The molecule has 0 heterocycles. The van der Waals surface area contributed by atoms with Crippen LogP contribution >= 0.6 is 58.2 Å². The summed E-state index contributed by atoms with van der Waals surface area (Å²) in [6, 6.07) is 10.3. The Morgan fingerprint density at radius 2 is 1.53 bits per heavy atom. The molecule has 1 aliphatic rings. The van der Waals surface area contributed by atoms with Crippen LogP contribution in [0.3, 0.4) is 0 Å². The number of nitrogens with zero attached hydrogens (tertiary/aromatic N) is 1. The van der Waals surface area contributed by atoms with Gasteiger partial charge in [0, 0.05) is 18.3 Å². The fraction of sp³-hybridized carbons (Fsp3) is 0.440. The van der Waals surface area contributed by atoms with Crippen molar-refractivity contribution >= 4 is 70.0 Å². The molecule has 0 saturated heterocycles. The molecule has 3 rings (SSSR count). The molecule has 1 saturated carbocycles. The Morgan fingerprint density at radius 1 is 0.941 bits per heavy atom. The Morgan fingerprint density at radius 3 is 2.15 bits per heavy atom. The Hall–Kier alpha value is -1.11. The number of hydrogen-bond acceptors (Lipinski definition) is 3. The van der Waals surface area contributed by atoms with Gasteiger partial charge >= 0.3 is 0 Å². The van der Waals surface area contributed by atoms with Gasteiger partial charge in [0.05, 0.1) is 25.8 Å². The van der Waals surface area contributed by atoms with Crippen LogP contribution in [0.1, 0.15) is 50.2 Å². The van der Waals surface area contributed by atoms with Crippen molar-refractivity contribution < 1.29 is 9.59 Å². The van der Waals surface area contributed by atoms with Crippen molar-refractivity contribution in [3.05, 3.63) is 67.6 Å². The number of carbonyl (C=O) groups excluding carboxylic acids is 2. The molecule has 4 nitrogen and oxygen atoms in total. The molecule has 1 atom stereocenters. The maximum absolute atomic E-state index is 13.3. The Kier molecular flexibility index (Phi) is 10.7. The summed E-state index contributed by atoms with van der Waals surface area (Å²) in [4.78, 5) is 27.9. The molecule has 0 spiro atoms. The van der Waals surface area contributed by atoms with E-state index in [1.54, 1.807) is 36.1 Å². The number of halogens is 4. The average Bonchev–Trinajstić information content (AvgIpc) is 2.82. The van der Waals surface area contributed by atoms with E-state index in [1.165, 1.54) is 18.2 Å². The first-order valence-corrected chi connectivity index (χ1v) is 14.0. The Balaban J connectivity index is 1.68. The molecular weight excluding hydrogens is 534 g/mol. The normalized spacial score (nSPS) is 15.1. The van der Waals surface area contributed by atoms with Crippen LogP contribution in [-0.2, 0) is 21.9 Å². The molecule has 1 aliphatic carbocycles. The molecule has 34 heavy (non-hydrogen) atoms. The number of rotatable bonds is 9. The number of hydrogen-bond donors (Lipinski definition) is 1. The lowest BCUT2D eigenvalue weighted by molar-refractivity contribution is -0.139. The monoisotopic (exact) mass is 560 g/mol. The second-order valence-corrected chi connectivity index (χ2v) is 11.1. The lowest BCUT2D eigenvalue weighted by Crippen LogP contribution is -2.50. The van der Waals surface area contributed by atoms with Crippen molar-refractivity contribution in [1.82, 2.24) is 10.2 Å². The number of benzene rings is 2. The first-order chi connectivity index (χ1) is 16.2. The standard InChI is InChI=1S/C25H28Cl4N2O2S/c1-16(25(33)30-19-5-3-2-4-6-19)31(13-17-7-9-20(26)22(28)11-17)24(32)15-34-14-18-8-10-21(27)23(29)12-18/h7-12,16,19H,2-6,13-15H2,1H3,(H,30,33)/t16-/m1/s1. The van der Waals surface area contributed by atoms with E-state index in [4.69, 9.17) is 46.4 Å². The van der Waals surface area contributed by atoms with Gasteiger partial charge in [-0.15, -0.1) is 11.8 Å². The summed E-state index contributed by atoms with van der Waals surface area (Å²) in [6.45, 7) is 2.04. The Bertz CT molecular complexity index is 1010. The summed E-state index contributed by atoms with van der Waals surface area (Å²) < 4.78 is 0. The van der Waals surface area contributed by atoms with Crippen LogP contribution in [0.2, 0.25) is 20.1 Å². The maximum Gasteiger partial charge on any atom is 0.242 e. The van der Waals surface area contributed by atoms with E-state index in [9.17, 15) is 9.59 Å². The first-order valence-electron chi connectivity index (χ1n) is 11.3. The van der Waals surface area contributed by atoms with E-state index in [-0.39, 0.29) is 30.2 Å². The van der Waals surface area contributed by atoms with Gasteiger partial charge in [-0.25, -0.2) is 0 Å². The highest BCUT2D eigenvalue weighted by atomic mass is 35.5. The fourth-order valence-corrected chi connectivity index (χ4v) is 5.45. The van der Waals surface area contributed by atoms with Gasteiger partial charge in [0.25, 0.3) is 0 Å². The molecule has 1 N–H and O–H groups in total. The second-order valence-electron chi connectivity index (χ2n) is 8.53. The molecule has 2 aromatic rings. The third-order valence-corrected chi connectivity index (χ3v) is 8.40. The van der Waals surface area contributed by atoms with Crippen molar-refractivity contribution in [2.24, 2.45) is 0 Å². The molecule has 184 valence electrons. The molecular formula is C25H28Cl4N2O2S. The second kappa shape index (κ2) is 13.3. The lowest BCUT2D eigenvalue weighted by Gasteiger charge is -2.31. The molecule has 2 aromatic carbocycles. The van der Waals surface area contributed by atoms with Gasteiger partial charge in [-0.05, 0) is 55.2 Å². The van der Waals surface area contributed by atoms with Crippen LogP contribution < -0.4 is 5.32 Å². The molecule has 0 bridgehead atoms. The molecule has 1 fully saturated rings. The van der Waals surface area contributed by atoms with Gasteiger partial charge in [0.1, 0.15) is 6.04 Å². The van der Waals surface area contributed by atoms with Crippen molar-refractivity contribution in [3.63, 3.8) is 0 Å². The maximum atomic E-state index is 13.3. The molecule has 0 unspecified atom stereocenters. The molecule has 2 amide bonds. The zero-order valence-electron chi connectivity index (χ0n) is 19.0. The summed E-state index contributed by atoms with van der Waals surface area (Å²) in [5, 5.41) is 4.99. The van der Waals surface area contributed by atoms with Gasteiger partial charge in [-0.3, -0.25) is 9.59 Å². The van der Waals surface area contributed by atoms with Crippen molar-refractivity contribution in [2.75, 3.05) is 5.75 Å². The highest BCUT2D eigenvalue weighted by Crippen LogP contribution is 2.26. The van der Waals surface area contributed by atoms with E-state index in [0.717, 1.165) is 36.8 Å². The number of nitrogens with one attached hydrogen (secondary N) is 1. The summed E-state index contributed by atoms with van der Waals surface area (Å²) in [6.07, 6.45) is 5.42. The quantitative estimate of drug-likeness (QED) is 0.347. The average molecular weight is 562 g/mol. The van der Waals surface area contributed by atoms with E-state index < -0.39 is 6.04 Å². The Labute approximate surface area is 225 Å². The third-order valence-electron chi connectivity index (χ3n) is 5.93.